The second-order valence-electron chi connectivity index (χ2n) is 9.07. The number of aliphatic carboxylic acids is 1. The van der Waals surface area contributed by atoms with E-state index in [0.29, 0.717) is 13.0 Å². The lowest BCUT2D eigenvalue weighted by atomic mass is 9.98. The van der Waals surface area contributed by atoms with Gasteiger partial charge in [0, 0.05) is 25.4 Å². The van der Waals surface area contributed by atoms with Crippen LogP contribution in [-0.4, -0.2) is 67.8 Å². The average molecular weight is 468 g/mol. The van der Waals surface area contributed by atoms with Crippen LogP contribution in [0.2, 0.25) is 0 Å². The Labute approximate surface area is 200 Å². The molecule has 1 aliphatic carbocycles. The maximum absolute atomic E-state index is 12.3. The summed E-state index contributed by atoms with van der Waals surface area (Å²) in [4.78, 5) is 37.5. The fourth-order valence-corrected chi connectivity index (χ4v) is 4.29. The quantitative estimate of drug-likeness (QED) is 0.469. The van der Waals surface area contributed by atoms with E-state index >= 15 is 0 Å². The molecule has 3 N–H and O–H groups in total. The van der Waals surface area contributed by atoms with Crippen LogP contribution in [0.4, 0.5) is 4.79 Å². The smallest absolute Gasteiger partial charge is 0.407 e. The molecule has 2 atom stereocenters. The van der Waals surface area contributed by atoms with Crippen LogP contribution in [0.5, 0.6) is 0 Å². The Morgan fingerprint density at radius 1 is 1.03 bits per heavy atom. The first-order chi connectivity index (χ1) is 16.3. The van der Waals surface area contributed by atoms with Crippen LogP contribution in [0.1, 0.15) is 36.8 Å². The molecule has 0 spiro atoms. The van der Waals surface area contributed by atoms with Crippen molar-refractivity contribution in [3.05, 3.63) is 59.7 Å². The van der Waals surface area contributed by atoms with Gasteiger partial charge in [-0.05, 0) is 48.7 Å². The molecule has 2 aromatic rings. The molecule has 8 nitrogen and oxygen atoms in total. The highest BCUT2D eigenvalue weighted by molar-refractivity contribution is 5.83. The Morgan fingerprint density at radius 2 is 1.62 bits per heavy atom. The van der Waals surface area contributed by atoms with Gasteiger partial charge in [-0.25, -0.2) is 9.59 Å². The van der Waals surface area contributed by atoms with Crippen molar-refractivity contribution >= 4 is 18.0 Å². The third-order valence-electron chi connectivity index (χ3n) is 5.97. The van der Waals surface area contributed by atoms with Crippen LogP contribution in [-0.2, 0) is 14.3 Å². The van der Waals surface area contributed by atoms with Crippen molar-refractivity contribution in [3.63, 3.8) is 0 Å². The van der Waals surface area contributed by atoms with Crippen LogP contribution < -0.4 is 10.6 Å². The minimum Gasteiger partial charge on any atom is -0.480 e. The minimum absolute atomic E-state index is 0.00474. The van der Waals surface area contributed by atoms with Crippen LogP contribution in [0.15, 0.2) is 48.5 Å². The molecular formula is C26H33N3O5. The number of likely N-dealkylation sites (N-methyl/N-ethyl adjacent to an activating group) is 1. The molecule has 0 saturated carbocycles. The number of carboxylic acids is 1. The first kappa shape index (κ1) is 25.2. The van der Waals surface area contributed by atoms with Gasteiger partial charge in [0.25, 0.3) is 0 Å². The molecule has 0 aliphatic heterocycles. The van der Waals surface area contributed by atoms with Gasteiger partial charge in [0.2, 0.25) is 5.91 Å². The molecule has 34 heavy (non-hydrogen) atoms. The van der Waals surface area contributed by atoms with Crippen molar-refractivity contribution < 1.29 is 24.2 Å². The normalized spacial score (nSPS) is 14.1. The van der Waals surface area contributed by atoms with Crippen molar-refractivity contribution in [3.8, 4) is 11.1 Å². The number of amides is 2. The number of hydrogen-bond acceptors (Lipinski definition) is 5. The highest BCUT2D eigenvalue weighted by Gasteiger charge is 2.29. The number of hydrogen-bond donors (Lipinski definition) is 3. The highest BCUT2D eigenvalue weighted by atomic mass is 16.5. The lowest BCUT2D eigenvalue weighted by Gasteiger charge is -2.20. The Bertz CT molecular complexity index is 978. The molecule has 0 bridgehead atoms. The van der Waals surface area contributed by atoms with Gasteiger partial charge in [0.05, 0.1) is 0 Å². The maximum atomic E-state index is 12.3. The molecule has 0 fully saturated rings. The molecule has 1 aliphatic rings. The van der Waals surface area contributed by atoms with E-state index in [1.165, 1.54) is 11.1 Å². The molecule has 3 rings (SSSR count). The third-order valence-corrected chi connectivity index (χ3v) is 5.97. The summed E-state index contributed by atoms with van der Waals surface area (Å²) in [5, 5.41) is 14.5. The van der Waals surface area contributed by atoms with Crippen molar-refractivity contribution in [2.24, 2.45) is 5.92 Å². The predicted molar refractivity (Wildman–Crippen MR) is 130 cm³/mol. The number of alkyl carbamates (subject to hydrolysis) is 1. The molecule has 8 heteroatoms. The SMILES string of the molecule is CC(CCNC(=O)OCC1c2ccccc2-c2ccccc21)CC(=O)NC(CN(C)C)C(=O)O. The lowest BCUT2D eigenvalue weighted by Crippen LogP contribution is -2.47. The van der Waals surface area contributed by atoms with E-state index in [-0.39, 0.29) is 37.3 Å². The van der Waals surface area contributed by atoms with E-state index in [1.54, 1.807) is 19.0 Å². The van der Waals surface area contributed by atoms with E-state index in [9.17, 15) is 19.5 Å². The largest absolute Gasteiger partial charge is 0.480 e. The fraction of sp³-hybridized carbons (Fsp3) is 0.423. The number of fused-ring (bicyclic) bond motifs is 3. The number of nitrogens with one attached hydrogen (secondary N) is 2. The van der Waals surface area contributed by atoms with E-state index < -0.39 is 18.1 Å². The molecule has 2 amide bonds. The third kappa shape index (κ3) is 6.57. The molecular weight excluding hydrogens is 434 g/mol. The summed E-state index contributed by atoms with van der Waals surface area (Å²) < 4.78 is 5.52. The summed E-state index contributed by atoms with van der Waals surface area (Å²) in [5.74, 6) is -1.40. The van der Waals surface area contributed by atoms with Crippen molar-refractivity contribution in [1.82, 2.24) is 15.5 Å². The number of rotatable bonds is 11. The number of ether oxygens (including phenoxy) is 1. The second-order valence-corrected chi connectivity index (χ2v) is 9.07. The van der Waals surface area contributed by atoms with Crippen LogP contribution >= 0.6 is 0 Å². The second kappa shape index (κ2) is 11.7. The Morgan fingerprint density at radius 3 is 2.18 bits per heavy atom. The summed E-state index contributed by atoms with van der Waals surface area (Å²) >= 11 is 0. The Kier molecular flexibility index (Phi) is 8.65. The molecule has 0 radical (unpaired) electrons. The number of carboxylic acid groups (broad SMARTS) is 1. The van der Waals surface area contributed by atoms with Crippen molar-refractivity contribution in [1.29, 1.82) is 0 Å². The number of nitrogens with zero attached hydrogens (tertiary/aromatic N) is 1. The zero-order valence-electron chi connectivity index (χ0n) is 19.9. The monoisotopic (exact) mass is 467 g/mol. The van der Waals surface area contributed by atoms with Crippen molar-refractivity contribution in [2.45, 2.75) is 31.7 Å². The molecule has 2 aromatic carbocycles. The Balaban J connectivity index is 1.41. The summed E-state index contributed by atoms with van der Waals surface area (Å²) in [5.41, 5.74) is 4.67. The van der Waals surface area contributed by atoms with Gasteiger partial charge >= 0.3 is 12.1 Å². The molecule has 0 aromatic heterocycles. The van der Waals surface area contributed by atoms with Gasteiger partial charge in [0.15, 0.2) is 0 Å². The van der Waals surface area contributed by atoms with Crippen molar-refractivity contribution in [2.75, 3.05) is 33.8 Å². The van der Waals surface area contributed by atoms with E-state index in [0.717, 1.165) is 11.1 Å². The van der Waals surface area contributed by atoms with E-state index in [1.807, 2.05) is 31.2 Å². The number of carbonyl (C=O) groups excluding carboxylic acids is 2. The number of benzene rings is 2. The molecule has 182 valence electrons. The summed E-state index contributed by atoms with van der Waals surface area (Å²) in [6.45, 7) is 2.73. The van der Waals surface area contributed by atoms with Gasteiger partial charge in [0.1, 0.15) is 12.6 Å². The molecule has 2 unspecified atom stereocenters. The molecule has 0 saturated heterocycles. The summed E-state index contributed by atoms with van der Waals surface area (Å²) in [6, 6.07) is 15.4. The topological polar surface area (TPSA) is 108 Å². The lowest BCUT2D eigenvalue weighted by molar-refractivity contribution is -0.142. The standard InChI is InChI=1S/C26H33N3O5/c1-17(14-24(30)28-23(25(31)32)15-29(2)3)12-13-27-26(33)34-16-22-20-10-6-4-8-18(20)19-9-5-7-11-21(19)22/h4-11,17,22-23H,12-16H2,1-3H3,(H,27,33)(H,28,30)(H,31,32). The first-order valence-corrected chi connectivity index (χ1v) is 11.5. The molecule has 0 heterocycles. The van der Waals surface area contributed by atoms with Gasteiger partial charge in [-0.2, -0.15) is 0 Å². The van der Waals surface area contributed by atoms with Gasteiger partial charge < -0.3 is 25.4 Å². The Hall–Kier alpha value is -3.39. The predicted octanol–water partition coefficient (Wildman–Crippen LogP) is 3.07. The van der Waals surface area contributed by atoms with Gasteiger partial charge in [-0.15, -0.1) is 0 Å². The first-order valence-electron chi connectivity index (χ1n) is 11.5. The zero-order chi connectivity index (χ0) is 24.7. The van der Waals surface area contributed by atoms with E-state index in [4.69, 9.17) is 4.74 Å². The van der Waals surface area contributed by atoms with Crippen LogP contribution in [0, 0.1) is 5.92 Å². The fourth-order valence-electron chi connectivity index (χ4n) is 4.29. The van der Waals surface area contributed by atoms with Gasteiger partial charge in [-0.1, -0.05) is 55.5 Å². The summed E-state index contributed by atoms with van der Waals surface area (Å²) in [7, 11) is 3.50. The average Bonchev–Trinajstić information content (AvgIpc) is 3.10. The van der Waals surface area contributed by atoms with Crippen LogP contribution in [0.3, 0.4) is 0 Å². The van der Waals surface area contributed by atoms with Gasteiger partial charge in [-0.3, -0.25) is 4.79 Å². The highest BCUT2D eigenvalue weighted by Crippen LogP contribution is 2.44. The maximum Gasteiger partial charge on any atom is 0.407 e. The van der Waals surface area contributed by atoms with Crippen LogP contribution in [0.25, 0.3) is 11.1 Å². The number of carbonyl (C=O) groups is 3. The zero-order valence-corrected chi connectivity index (χ0v) is 19.9. The van der Waals surface area contributed by atoms with E-state index in [2.05, 4.69) is 34.9 Å². The minimum atomic E-state index is -1.06. The summed E-state index contributed by atoms with van der Waals surface area (Å²) in [6.07, 6.45) is 0.266.